The molecule has 1 saturated heterocycles. The average molecular weight is 179 g/mol. The van der Waals surface area contributed by atoms with Crippen molar-refractivity contribution in [3.63, 3.8) is 0 Å². The molecule has 3 rings (SSSR count). The first-order valence-corrected chi connectivity index (χ1v) is 5.07. The van der Waals surface area contributed by atoms with Crippen LogP contribution in [0.5, 0.6) is 0 Å². The van der Waals surface area contributed by atoms with Gasteiger partial charge in [0.25, 0.3) is 0 Å². The molecule has 1 N–H and O–H groups in total. The van der Waals surface area contributed by atoms with Gasteiger partial charge in [-0.2, -0.15) is 10.2 Å². The summed E-state index contributed by atoms with van der Waals surface area (Å²) in [5.74, 6) is 0. The van der Waals surface area contributed by atoms with Crippen LogP contribution in [-0.4, -0.2) is 11.2 Å². The Morgan fingerprint density at radius 1 is 1.54 bits per heavy atom. The highest BCUT2D eigenvalue weighted by molar-refractivity contribution is 5.20. The molecule has 0 radical (unpaired) electrons. The molecule has 0 aromatic heterocycles. The predicted molar refractivity (Wildman–Crippen MR) is 52.4 cm³/mol. The van der Waals surface area contributed by atoms with Crippen LogP contribution >= 0.6 is 0 Å². The molecule has 3 aliphatic rings. The van der Waals surface area contributed by atoms with Crippen LogP contribution in [0.15, 0.2) is 22.5 Å². The minimum atomic E-state index is -0.0861. The minimum Gasteiger partial charge on any atom is -0.283 e. The molecule has 3 aliphatic heterocycles. The number of hydrogen-bond donors (Lipinski definition) is 1. The summed E-state index contributed by atoms with van der Waals surface area (Å²) in [6.45, 7) is 4.33. The largest absolute Gasteiger partial charge is 0.283 e. The number of unbranched alkanes of at least 4 members (excludes halogenated alkanes) is 1. The molecular formula is C10H17N3. The molecule has 2 atom stereocenters. The summed E-state index contributed by atoms with van der Waals surface area (Å²) in [4.78, 5) is 0. The van der Waals surface area contributed by atoms with E-state index in [9.17, 15) is 0 Å². The molecule has 3 nitrogen and oxygen atoms in total. The molecular weight excluding hydrogens is 162 g/mol. The van der Waals surface area contributed by atoms with Gasteiger partial charge in [-0.3, -0.25) is 5.32 Å². The highest BCUT2D eigenvalue weighted by Gasteiger charge is 2.50. The van der Waals surface area contributed by atoms with E-state index in [0.29, 0.717) is 0 Å². The van der Waals surface area contributed by atoms with Crippen LogP contribution in [0, 0.1) is 0 Å². The van der Waals surface area contributed by atoms with E-state index >= 15 is 0 Å². The lowest BCUT2D eigenvalue weighted by Crippen LogP contribution is -2.68. The van der Waals surface area contributed by atoms with Crippen LogP contribution in [0.2, 0.25) is 0 Å². The molecule has 2 unspecified atom stereocenters. The van der Waals surface area contributed by atoms with Crippen LogP contribution in [0.4, 0.5) is 0 Å². The average Bonchev–Trinajstić information content (AvgIpc) is 2.30. The first-order valence-electron chi connectivity index (χ1n) is 5.07. The Balaban J connectivity index is 2.04. The lowest BCUT2D eigenvalue weighted by molar-refractivity contribution is 0.0907. The van der Waals surface area contributed by atoms with Crippen molar-refractivity contribution in [3.05, 3.63) is 12.3 Å². The second-order valence-electron chi connectivity index (χ2n) is 4.37. The molecule has 2 bridgehead atoms. The maximum atomic E-state index is 4.20. The molecule has 72 valence electrons. The van der Waals surface area contributed by atoms with Crippen molar-refractivity contribution < 1.29 is 0 Å². The zero-order valence-corrected chi connectivity index (χ0v) is 8.38. The summed E-state index contributed by atoms with van der Waals surface area (Å²) in [5.41, 5.74) is 0.117. The maximum Gasteiger partial charge on any atom is 0.132 e. The fourth-order valence-electron chi connectivity index (χ4n) is 2.36. The van der Waals surface area contributed by atoms with Crippen molar-refractivity contribution in [2.75, 3.05) is 0 Å². The van der Waals surface area contributed by atoms with Crippen molar-refractivity contribution in [2.24, 2.45) is 10.2 Å². The molecule has 3 heteroatoms. The molecule has 13 heavy (non-hydrogen) atoms. The molecule has 0 saturated carbocycles. The quantitative estimate of drug-likeness (QED) is 0.710. The zero-order chi connectivity index (χ0) is 9.36. The van der Waals surface area contributed by atoms with E-state index in [-0.39, 0.29) is 11.2 Å². The van der Waals surface area contributed by atoms with Crippen molar-refractivity contribution >= 4 is 0 Å². The van der Waals surface area contributed by atoms with E-state index in [0.717, 1.165) is 6.42 Å². The van der Waals surface area contributed by atoms with Gasteiger partial charge in [-0.25, -0.2) is 0 Å². The van der Waals surface area contributed by atoms with Crippen LogP contribution in [-0.2, 0) is 0 Å². The van der Waals surface area contributed by atoms with E-state index in [1.165, 1.54) is 19.3 Å². The molecule has 3 heterocycles. The summed E-state index contributed by atoms with van der Waals surface area (Å²) in [5, 5.41) is 11.7. The van der Waals surface area contributed by atoms with Crippen LogP contribution in [0.1, 0.15) is 39.5 Å². The lowest BCUT2D eigenvalue weighted by atomic mass is 9.75. The SMILES string of the molecule is CCCCC12C=CN=NC(C)(C1)N2. The van der Waals surface area contributed by atoms with Gasteiger partial charge >= 0.3 is 0 Å². The standard InChI is InChI=1S/C10H17N3/c1-3-4-5-10-6-7-11-13-9(2,8-10)12-10/h6-7,12H,3-5,8H2,1-2H3. The van der Waals surface area contributed by atoms with E-state index in [1.807, 2.05) is 6.20 Å². The topological polar surface area (TPSA) is 36.8 Å². The molecule has 0 aromatic carbocycles. The molecule has 0 aliphatic carbocycles. The highest BCUT2D eigenvalue weighted by atomic mass is 15.3. The number of hydrogen-bond acceptors (Lipinski definition) is 3. The van der Waals surface area contributed by atoms with E-state index in [1.54, 1.807) is 0 Å². The van der Waals surface area contributed by atoms with Gasteiger partial charge in [0.05, 0.1) is 0 Å². The van der Waals surface area contributed by atoms with Gasteiger partial charge in [0.1, 0.15) is 5.66 Å². The van der Waals surface area contributed by atoms with Gasteiger partial charge in [0.2, 0.25) is 0 Å². The molecule has 0 amide bonds. The minimum absolute atomic E-state index is 0.0861. The van der Waals surface area contributed by atoms with Crippen LogP contribution in [0.3, 0.4) is 0 Å². The smallest absolute Gasteiger partial charge is 0.132 e. The third kappa shape index (κ3) is 1.53. The van der Waals surface area contributed by atoms with Crippen molar-refractivity contribution in [2.45, 2.75) is 50.7 Å². The van der Waals surface area contributed by atoms with E-state index in [4.69, 9.17) is 0 Å². The molecule has 1 fully saturated rings. The number of azo groups is 1. The molecule has 0 aromatic rings. The second kappa shape index (κ2) is 2.91. The predicted octanol–water partition coefficient (Wildman–Crippen LogP) is 2.60. The Labute approximate surface area is 79.3 Å². The highest BCUT2D eigenvalue weighted by Crippen LogP contribution is 2.41. The summed E-state index contributed by atoms with van der Waals surface area (Å²) in [6.07, 6.45) is 8.83. The summed E-state index contributed by atoms with van der Waals surface area (Å²) in [6, 6.07) is 0. The number of nitrogens with one attached hydrogen (secondary N) is 1. The maximum absolute atomic E-state index is 4.20. The third-order valence-corrected chi connectivity index (χ3v) is 2.89. The number of nitrogens with zero attached hydrogens (tertiary/aromatic N) is 2. The van der Waals surface area contributed by atoms with Gasteiger partial charge in [0, 0.05) is 18.2 Å². The van der Waals surface area contributed by atoms with Gasteiger partial charge in [-0.05, 0) is 19.4 Å². The fourth-order valence-corrected chi connectivity index (χ4v) is 2.36. The number of rotatable bonds is 3. The van der Waals surface area contributed by atoms with Crippen molar-refractivity contribution in [1.82, 2.24) is 5.32 Å². The number of fused-ring (bicyclic) bond motifs is 1. The first kappa shape index (κ1) is 8.88. The van der Waals surface area contributed by atoms with Crippen molar-refractivity contribution in [3.8, 4) is 0 Å². The Bertz CT molecular complexity index is 249. The Kier molecular flexibility index (Phi) is 1.99. The fraction of sp³-hybridized carbons (Fsp3) is 0.800. The summed E-state index contributed by atoms with van der Waals surface area (Å²) >= 11 is 0. The molecule has 0 spiro atoms. The van der Waals surface area contributed by atoms with Gasteiger partial charge < -0.3 is 0 Å². The summed E-state index contributed by atoms with van der Waals surface area (Å²) < 4.78 is 0. The second-order valence-corrected chi connectivity index (χ2v) is 4.37. The Morgan fingerprint density at radius 3 is 3.00 bits per heavy atom. The van der Waals surface area contributed by atoms with Gasteiger partial charge in [0.15, 0.2) is 0 Å². The normalized spacial score (nSPS) is 41.4. The lowest BCUT2D eigenvalue weighted by Gasteiger charge is -2.51. The van der Waals surface area contributed by atoms with Gasteiger partial charge in [-0.1, -0.05) is 19.8 Å². The van der Waals surface area contributed by atoms with Crippen LogP contribution < -0.4 is 5.32 Å². The Hall–Kier alpha value is -0.700. The summed E-state index contributed by atoms with van der Waals surface area (Å²) in [7, 11) is 0. The first-order chi connectivity index (χ1) is 6.18. The monoisotopic (exact) mass is 179 g/mol. The zero-order valence-electron chi connectivity index (χ0n) is 8.38. The van der Waals surface area contributed by atoms with Gasteiger partial charge in [-0.15, -0.1) is 0 Å². The van der Waals surface area contributed by atoms with E-state index in [2.05, 4.69) is 35.5 Å². The van der Waals surface area contributed by atoms with Crippen LogP contribution in [0.25, 0.3) is 0 Å². The van der Waals surface area contributed by atoms with E-state index < -0.39 is 0 Å². The third-order valence-electron chi connectivity index (χ3n) is 2.89. The van der Waals surface area contributed by atoms with Crippen molar-refractivity contribution in [1.29, 1.82) is 0 Å². The Morgan fingerprint density at radius 2 is 2.31 bits per heavy atom.